The van der Waals surface area contributed by atoms with Crippen LogP contribution in [0.2, 0.25) is 0 Å². The van der Waals surface area contributed by atoms with E-state index >= 15 is 0 Å². The summed E-state index contributed by atoms with van der Waals surface area (Å²) in [5.41, 5.74) is 0.710. The van der Waals surface area contributed by atoms with Crippen molar-refractivity contribution in [2.75, 3.05) is 0 Å². The molecule has 21 heavy (non-hydrogen) atoms. The van der Waals surface area contributed by atoms with E-state index in [2.05, 4.69) is 15.9 Å². The topological polar surface area (TPSA) is 30.2 Å². The lowest BCUT2D eigenvalue weighted by atomic mass is 10.2. The largest absolute Gasteiger partial charge is 0.451 e. The molecule has 0 spiro atoms. The zero-order valence-corrected chi connectivity index (χ0v) is 13.2. The van der Waals surface area contributed by atoms with Gasteiger partial charge in [0.05, 0.1) is 9.35 Å². The molecule has 2 heterocycles. The normalized spacial score (nSPS) is 11.3. The number of fused-ring (bicyclic) bond motifs is 2. The van der Waals surface area contributed by atoms with Gasteiger partial charge in [0.25, 0.3) is 0 Å². The van der Waals surface area contributed by atoms with Gasteiger partial charge in [-0.1, -0.05) is 30.3 Å². The van der Waals surface area contributed by atoms with Crippen molar-refractivity contribution in [3.63, 3.8) is 0 Å². The van der Waals surface area contributed by atoms with Crippen molar-refractivity contribution in [3.05, 3.63) is 69.7 Å². The van der Waals surface area contributed by atoms with Gasteiger partial charge < -0.3 is 4.42 Å². The fraction of sp³-hybridized carbons (Fsp3) is 0. The highest BCUT2D eigenvalue weighted by Crippen LogP contribution is 2.31. The van der Waals surface area contributed by atoms with Gasteiger partial charge in [-0.25, -0.2) is 0 Å². The van der Waals surface area contributed by atoms with E-state index in [1.54, 1.807) is 6.07 Å². The van der Waals surface area contributed by atoms with Gasteiger partial charge in [0.15, 0.2) is 5.76 Å². The summed E-state index contributed by atoms with van der Waals surface area (Å²) in [7, 11) is 0. The highest BCUT2D eigenvalue weighted by atomic mass is 79.9. The van der Waals surface area contributed by atoms with E-state index in [0.29, 0.717) is 16.2 Å². The van der Waals surface area contributed by atoms with Crippen LogP contribution in [-0.4, -0.2) is 5.78 Å². The molecule has 0 saturated heterocycles. The Kier molecular flexibility index (Phi) is 2.94. The van der Waals surface area contributed by atoms with Crippen molar-refractivity contribution in [3.8, 4) is 0 Å². The van der Waals surface area contributed by atoms with Gasteiger partial charge in [0.1, 0.15) is 5.58 Å². The number of halogens is 1. The Labute approximate surface area is 133 Å². The lowest BCUT2D eigenvalue weighted by Crippen LogP contribution is -1.95. The molecular formula is C17H9BrO2S. The van der Waals surface area contributed by atoms with E-state index in [-0.39, 0.29) is 5.78 Å². The second-order valence-electron chi connectivity index (χ2n) is 4.75. The number of furan rings is 1. The van der Waals surface area contributed by atoms with E-state index in [4.69, 9.17) is 4.42 Å². The number of thiophene rings is 1. The quantitative estimate of drug-likeness (QED) is 0.435. The molecule has 0 saturated carbocycles. The molecule has 4 aromatic rings. The average Bonchev–Trinajstić information content (AvgIpc) is 3.11. The van der Waals surface area contributed by atoms with Gasteiger partial charge in [-0.3, -0.25) is 4.79 Å². The maximum atomic E-state index is 12.6. The van der Waals surface area contributed by atoms with Crippen molar-refractivity contribution < 1.29 is 9.21 Å². The number of carbonyl (C=O) groups excluding carboxylic acids is 1. The second kappa shape index (κ2) is 4.83. The highest BCUT2D eigenvalue weighted by molar-refractivity contribution is 9.10. The summed E-state index contributed by atoms with van der Waals surface area (Å²) in [5.74, 6) is 0.308. The van der Waals surface area contributed by atoms with Crippen LogP contribution >= 0.6 is 27.3 Å². The number of rotatable bonds is 2. The first-order chi connectivity index (χ1) is 10.2. The van der Waals surface area contributed by atoms with Crippen molar-refractivity contribution in [1.82, 2.24) is 0 Å². The van der Waals surface area contributed by atoms with Crippen LogP contribution < -0.4 is 0 Å². The average molecular weight is 357 g/mol. The predicted molar refractivity (Wildman–Crippen MR) is 89.2 cm³/mol. The van der Waals surface area contributed by atoms with Gasteiger partial charge in [0.2, 0.25) is 5.78 Å². The van der Waals surface area contributed by atoms with E-state index in [1.807, 2.05) is 48.5 Å². The summed E-state index contributed by atoms with van der Waals surface area (Å²) < 4.78 is 7.69. The predicted octanol–water partition coefficient (Wildman–Crippen LogP) is 5.64. The van der Waals surface area contributed by atoms with Crippen molar-refractivity contribution in [2.45, 2.75) is 0 Å². The van der Waals surface area contributed by atoms with Crippen LogP contribution in [0, 0.1) is 0 Å². The van der Waals surface area contributed by atoms with Gasteiger partial charge in [-0.15, -0.1) is 11.3 Å². The third kappa shape index (κ3) is 2.11. The number of para-hydroxylation sites is 1. The van der Waals surface area contributed by atoms with Crippen molar-refractivity contribution in [1.29, 1.82) is 0 Å². The van der Waals surface area contributed by atoms with E-state index in [9.17, 15) is 4.79 Å². The molecule has 0 N–H and O–H groups in total. The van der Waals surface area contributed by atoms with Crippen LogP contribution in [-0.2, 0) is 0 Å². The van der Waals surface area contributed by atoms with Gasteiger partial charge in [-0.2, -0.15) is 0 Å². The molecule has 0 bridgehead atoms. The van der Waals surface area contributed by atoms with Crippen LogP contribution in [0.25, 0.3) is 21.1 Å². The van der Waals surface area contributed by atoms with Crippen molar-refractivity contribution in [2.24, 2.45) is 0 Å². The van der Waals surface area contributed by atoms with Crippen LogP contribution in [0.1, 0.15) is 15.4 Å². The van der Waals surface area contributed by atoms with E-state index < -0.39 is 0 Å². The third-order valence-corrected chi connectivity index (χ3v) is 5.11. The van der Waals surface area contributed by atoms with Crippen LogP contribution in [0.4, 0.5) is 0 Å². The van der Waals surface area contributed by atoms with E-state index in [1.165, 1.54) is 11.3 Å². The summed E-state index contributed by atoms with van der Waals surface area (Å²) in [6.07, 6.45) is 0. The minimum absolute atomic E-state index is 0.0701. The number of benzene rings is 2. The fourth-order valence-electron chi connectivity index (χ4n) is 2.35. The molecule has 0 fully saturated rings. The first-order valence-corrected chi connectivity index (χ1v) is 8.05. The summed E-state index contributed by atoms with van der Waals surface area (Å²) in [4.78, 5) is 13.3. The zero-order chi connectivity index (χ0) is 14.4. The highest BCUT2D eigenvalue weighted by Gasteiger charge is 2.17. The molecule has 0 radical (unpaired) electrons. The minimum atomic E-state index is -0.0701. The Morgan fingerprint density at radius 3 is 2.62 bits per heavy atom. The molecule has 0 aliphatic carbocycles. The molecule has 2 nitrogen and oxygen atoms in total. The molecule has 2 aromatic carbocycles. The Morgan fingerprint density at radius 2 is 1.81 bits per heavy atom. The smallest absolute Gasteiger partial charge is 0.238 e. The SMILES string of the molecule is O=C(c1cc2cccc(Br)c2o1)c1cc2ccccc2s1. The molecule has 0 unspecified atom stereocenters. The summed E-state index contributed by atoms with van der Waals surface area (Å²) in [5, 5.41) is 2.01. The number of hydrogen-bond donors (Lipinski definition) is 0. The minimum Gasteiger partial charge on any atom is -0.451 e. The van der Waals surface area contributed by atoms with Gasteiger partial charge >= 0.3 is 0 Å². The van der Waals surface area contributed by atoms with Crippen LogP contribution in [0.5, 0.6) is 0 Å². The van der Waals surface area contributed by atoms with Crippen LogP contribution in [0.3, 0.4) is 0 Å². The molecular weight excluding hydrogens is 348 g/mol. The van der Waals surface area contributed by atoms with Gasteiger partial charge in [0, 0.05) is 10.1 Å². The lowest BCUT2D eigenvalue weighted by Gasteiger charge is -1.92. The standard InChI is InChI=1S/C17H9BrO2S/c18-12-6-3-5-11-8-13(20-17(11)12)16(19)15-9-10-4-1-2-7-14(10)21-15/h1-9H. The first kappa shape index (κ1) is 12.8. The maximum Gasteiger partial charge on any atom is 0.238 e. The van der Waals surface area contributed by atoms with Gasteiger partial charge in [-0.05, 0) is 45.6 Å². The Hall–Kier alpha value is -1.91. The van der Waals surface area contributed by atoms with E-state index in [0.717, 1.165) is 19.9 Å². The fourth-order valence-corrected chi connectivity index (χ4v) is 3.82. The molecule has 2 aromatic heterocycles. The number of carbonyl (C=O) groups is 1. The van der Waals surface area contributed by atoms with Crippen LogP contribution in [0.15, 0.2) is 63.5 Å². The molecule has 4 rings (SSSR count). The van der Waals surface area contributed by atoms with Crippen molar-refractivity contribution >= 4 is 54.1 Å². The molecule has 0 aliphatic heterocycles. The molecule has 4 heteroatoms. The molecule has 102 valence electrons. The molecule has 0 atom stereocenters. The third-order valence-electron chi connectivity index (χ3n) is 3.37. The lowest BCUT2D eigenvalue weighted by molar-refractivity contribution is 0.101. The number of ketones is 1. The zero-order valence-electron chi connectivity index (χ0n) is 10.8. The summed E-state index contributed by atoms with van der Waals surface area (Å²) in [6, 6.07) is 17.5. The Morgan fingerprint density at radius 1 is 1.00 bits per heavy atom. The Bertz CT molecular complexity index is 948. The summed E-state index contributed by atoms with van der Waals surface area (Å²) >= 11 is 4.93. The number of hydrogen-bond acceptors (Lipinski definition) is 3. The Balaban J connectivity index is 1.83. The maximum absolute atomic E-state index is 12.6. The summed E-state index contributed by atoms with van der Waals surface area (Å²) in [6.45, 7) is 0. The molecule has 0 amide bonds. The second-order valence-corrected chi connectivity index (χ2v) is 6.68. The monoisotopic (exact) mass is 356 g/mol. The first-order valence-electron chi connectivity index (χ1n) is 6.44. The molecule has 0 aliphatic rings.